The first kappa shape index (κ1) is 14.8. The molecule has 0 saturated carbocycles. The zero-order valence-electron chi connectivity index (χ0n) is 10.9. The number of nitro benzene ring substituents is 1. The molecule has 2 aromatic rings. The summed E-state index contributed by atoms with van der Waals surface area (Å²) in [6, 6.07) is 3.48. The van der Waals surface area contributed by atoms with Crippen LogP contribution >= 0.6 is 0 Å². The molecular weight excluding hydrogens is 300 g/mol. The van der Waals surface area contributed by atoms with E-state index in [0.717, 1.165) is 12.1 Å². The molecule has 0 aliphatic carbocycles. The van der Waals surface area contributed by atoms with Crippen LogP contribution in [0.5, 0.6) is 5.75 Å². The highest BCUT2D eigenvalue weighted by Crippen LogP contribution is 2.34. The van der Waals surface area contributed by atoms with Crippen molar-refractivity contribution in [2.24, 2.45) is 0 Å². The standard InChI is InChI=1S/C11H12N4O5S/c1-2-14-6-10(12-7-14)21(19,20)13-11-8(15(17)18)4-3-5-9(11)16/h3-7,13,16H,2H2,1H3. The molecule has 0 aliphatic rings. The third-order valence-electron chi connectivity index (χ3n) is 2.70. The molecule has 1 aromatic carbocycles. The van der Waals surface area contributed by atoms with Crippen LogP contribution in [0.2, 0.25) is 0 Å². The van der Waals surface area contributed by atoms with Crippen LogP contribution in [0.4, 0.5) is 11.4 Å². The molecular formula is C11H12N4O5S. The van der Waals surface area contributed by atoms with E-state index in [0.29, 0.717) is 6.54 Å². The fourth-order valence-corrected chi connectivity index (χ4v) is 2.67. The van der Waals surface area contributed by atoms with Gasteiger partial charge in [0.15, 0.2) is 10.7 Å². The lowest BCUT2D eigenvalue weighted by Crippen LogP contribution is -2.14. The Bertz CT molecular complexity index is 784. The Morgan fingerprint density at radius 2 is 2.19 bits per heavy atom. The molecule has 0 spiro atoms. The summed E-state index contributed by atoms with van der Waals surface area (Å²) in [7, 11) is -4.13. The quantitative estimate of drug-likeness (QED) is 0.487. The van der Waals surface area contributed by atoms with E-state index in [1.807, 2.05) is 4.72 Å². The lowest BCUT2D eigenvalue weighted by Gasteiger charge is -2.08. The summed E-state index contributed by atoms with van der Waals surface area (Å²) >= 11 is 0. The van der Waals surface area contributed by atoms with Crippen LogP contribution in [0.25, 0.3) is 0 Å². The minimum atomic E-state index is -4.13. The zero-order chi connectivity index (χ0) is 15.6. The molecule has 9 nitrogen and oxygen atoms in total. The van der Waals surface area contributed by atoms with E-state index in [9.17, 15) is 23.6 Å². The number of benzene rings is 1. The van der Waals surface area contributed by atoms with Gasteiger partial charge in [0, 0.05) is 18.8 Å². The number of nitrogens with zero attached hydrogens (tertiary/aromatic N) is 3. The fraction of sp³-hybridized carbons (Fsp3) is 0.182. The summed E-state index contributed by atoms with van der Waals surface area (Å²) < 4.78 is 27.8. The molecule has 0 saturated heterocycles. The predicted octanol–water partition coefficient (Wildman–Crippen LogP) is 1.32. The van der Waals surface area contributed by atoms with Crippen molar-refractivity contribution in [2.45, 2.75) is 18.5 Å². The molecule has 21 heavy (non-hydrogen) atoms. The van der Waals surface area contributed by atoms with Crippen LogP contribution in [0, 0.1) is 10.1 Å². The minimum Gasteiger partial charge on any atom is -0.505 e. The maximum absolute atomic E-state index is 12.1. The van der Waals surface area contributed by atoms with Gasteiger partial charge < -0.3 is 9.67 Å². The molecule has 2 N–H and O–H groups in total. The monoisotopic (exact) mass is 312 g/mol. The van der Waals surface area contributed by atoms with Crippen LogP contribution in [-0.4, -0.2) is 28.0 Å². The Balaban J connectivity index is 2.44. The van der Waals surface area contributed by atoms with Crippen molar-refractivity contribution in [2.75, 3.05) is 4.72 Å². The Hall–Kier alpha value is -2.62. The third kappa shape index (κ3) is 2.94. The van der Waals surface area contributed by atoms with Gasteiger partial charge in [-0.2, -0.15) is 8.42 Å². The van der Waals surface area contributed by atoms with Gasteiger partial charge in [0.2, 0.25) is 0 Å². The molecule has 0 fully saturated rings. The lowest BCUT2D eigenvalue weighted by molar-refractivity contribution is -0.383. The summed E-state index contributed by atoms with van der Waals surface area (Å²) in [4.78, 5) is 13.8. The van der Waals surface area contributed by atoms with Crippen molar-refractivity contribution in [3.8, 4) is 5.75 Å². The van der Waals surface area contributed by atoms with Crippen molar-refractivity contribution in [3.05, 3.63) is 40.8 Å². The number of para-hydroxylation sites is 1. The number of anilines is 1. The van der Waals surface area contributed by atoms with Gasteiger partial charge in [0.25, 0.3) is 15.7 Å². The molecule has 10 heteroatoms. The van der Waals surface area contributed by atoms with Crippen molar-refractivity contribution >= 4 is 21.4 Å². The molecule has 0 amide bonds. The van der Waals surface area contributed by atoms with E-state index in [2.05, 4.69) is 4.98 Å². The number of hydrogen-bond donors (Lipinski definition) is 2. The summed E-state index contributed by atoms with van der Waals surface area (Å²) in [5, 5.41) is 20.2. The van der Waals surface area contributed by atoms with E-state index >= 15 is 0 Å². The molecule has 1 heterocycles. The molecule has 2 rings (SSSR count). The first-order valence-corrected chi connectivity index (χ1v) is 7.34. The van der Waals surface area contributed by atoms with Gasteiger partial charge in [-0.15, -0.1) is 0 Å². The van der Waals surface area contributed by atoms with E-state index in [-0.39, 0.29) is 5.03 Å². The highest BCUT2D eigenvalue weighted by atomic mass is 32.2. The smallest absolute Gasteiger partial charge is 0.297 e. The summed E-state index contributed by atoms with van der Waals surface area (Å²) in [5.74, 6) is -0.539. The number of phenols is 1. The van der Waals surface area contributed by atoms with E-state index in [4.69, 9.17) is 0 Å². The molecule has 0 aliphatic heterocycles. The number of rotatable bonds is 5. The second kappa shape index (κ2) is 5.40. The predicted molar refractivity (Wildman–Crippen MR) is 73.5 cm³/mol. The second-order valence-electron chi connectivity index (χ2n) is 4.08. The fourth-order valence-electron chi connectivity index (χ4n) is 1.62. The third-order valence-corrected chi connectivity index (χ3v) is 3.94. The molecule has 1 aromatic heterocycles. The van der Waals surface area contributed by atoms with Crippen LogP contribution < -0.4 is 4.72 Å². The van der Waals surface area contributed by atoms with Crippen molar-refractivity contribution in [1.29, 1.82) is 0 Å². The number of nitro groups is 1. The van der Waals surface area contributed by atoms with Crippen molar-refractivity contribution < 1.29 is 18.4 Å². The number of imidazole rings is 1. The average molecular weight is 312 g/mol. The maximum Gasteiger partial charge on any atom is 0.297 e. The van der Waals surface area contributed by atoms with E-state index in [1.54, 1.807) is 6.92 Å². The summed E-state index contributed by atoms with van der Waals surface area (Å²) in [6.07, 6.45) is 2.61. The van der Waals surface area contributed by atoms with Crippen LogP contribution in [0.3, 0.4) is 0 Å². The van der Waals surface area contributed by atoms with Crippen LogP contribution in [-0.2, 0) is 16.6 Å². The Kier molecular flexibility index (Phi) is 3.80. The van der Waals surface area contributed by atoms with Gasteiger partial charge in [0.1, 0.15) is 5.75 Å². The number of aromatic hydroxyl groups is 1. The van der Waals surface area contributed by atoms with E-state index < -0.39 is 32.1 Å². The number of hydrogen-bond acceptors (Lipinski definition) is 6. The molecule has 0 bridgehead atoms. The Labute approximate surface area is 120 Å². The topological polar surface area (TPSA) is 127 Å². The Morgan fingerprint density at radius 3 is 2.76 bits per heavy atom. The zero-order valence-corrected chi connectivity index (χ0v) is 11.7. The highest BCUT2D eigenvalue weighted by molar-refractivity contribution is 7.92. The van der Waals surface area contributed by atoms with E-state index in [1.165, 1.54) is 23.2 Å². The van der Waals surface area contributed by atoms with Crippen molar-refractivity contribution in [1.82, 2.24) is 9.55 Å². The van der Waals surface area contributed by atoms with Gasteiger partial charge in [-0.1, -0.05) is 6.07 Å². The molecule has 0 unspecified atom stereocenters. The van der Waals surface area contributed by atoms with Gasteiger partial charge in [0.05, 0.1) is 11.3 Å². The van der Waals surface area contributed by atoms with Gasteiger partial charge >= 0.3 is 0 Å². The SMILES string of the molecule is CCn1cnc(S(=O)(=O)Nc2c(O)cccc2[N+](=O)[O-])c1. The van der Waals surface area contributed by atoms with Crippen molar-refractivity contribution in [3.63, 3.8) is 0 Å². The van der Waals surface area contributed by atoms with Crippen LogP contribution in [0.15, 0.2) is 35.7 Å². The Morgan fingerprint density at radius 1 is 1.48 bits per heavy atom. The van der Waals surface area contributed by atoms with Gasteiger partial charge in [-0.05, 0) is 13.0 Å². The van der Waals surface area contributed by atoms with Crippen LogP contribution in [0.1, 0.15) is 6.92 Å². The maximum atomic E-state index is 12.1. The van der Waals surface area contributed by atoms with Gasteiger partial charge in [-0.25, -0.2) is 4.98 Å². The second-order valence-corrected chi connectivity index (χ2v) is 5.71. The first-order valence-electron chi connectivity index (χ1n) is 5.86. The molecule has 112 valence electrons. The summed E-state index contributed by atoms with van der Waals surface area (Å²) in [5.41, 5.74) is -1.04. The first-order chi connectivity index (χ1) is 9.85. The van der Waals surface area contributed by atoms with Gasteiger partial charge in [-0.3, -0.25) is 14.8 Å². The average Bonchev–Trinajstić information content (AvgIpc) is 2.90. The largest absolute Gasteiger partial charge is 0.505 e. The lowest BCUT2D eigenvalue weighted by atomic mass is 10.2. The number of sulfonamides is 1. The number of phenolic OH excluding ortho intramolecular Hbond substituents is 1. The minimum absolute atomic E-state index is 0.290. The molecule has 0 atom stereocenters. The number of aryl methyl sites for hydroxylation is 1. The highest BCUT2D eigenvalue weighted by Gasteiger charge is 2.25. The normalized spacial score (nSPS) is 11.3. The summed E-state index contributed by atoms with van der Waals surface area (Å²) in [6.45, 7) is 2.33. The number of aromatic nitrogens is 2. The number of nitrogens with one attached hydrogen (secondary N) is 1. The molecule has 0 radical (unpaired) electrons.